The van der Waals surface area contributed by atoms with Crippen molar-refractivity contribution in [1.29, 1.82) is 0 Å². The minimum atomic E-state index is 0.813. The van der Waals surface area contributed by atoms with Crippen molar-refractivity contribution < 1.29 is 0 Å². The van der Waals surface area contributed by atoms with Gasteiger partial charge in [-0.15, -0.1) is 0 Å². The van der Waals surface area contributed by atoms with Gasteiger partial charge in [-0.25, -0.2) is 0 Å². The normalized spacial score (nSPS) is 35.7. The van der Waals surface area contributed by atoms with Crippen molar-refractivity contribution in [3.8, 4) is 11.1 Å². The van der Waals surface area contributed by atoms with Crippen LogP contribution in [0.15, 0.2) is 48.5 Å². The van der Waals surface area contributed by atoms with Crippen LogP contribution in [-0.4, -0.2) is 0 Å². The Labute approximate surface area is 133 Å². The molecule has 111 valence electrons. The van der Waals surface area contributed by atoms with Gasteiger partial charge in [0.2, 0.25) is 0 Å². The van der Waals surface area contributed by atoms with E-state index in [1.165, 1.54) is 43.2 Å². The van der Waals surface area contributed by atoms with E-state index < -0.39 is 0 Å². The highest BCUT2D eigenvalue weighted by molar-refractivity contribution is 5.64. The van der Waals surface area contributed by atoms with Crippen LogP contribution in [0.2, 0.25) is 0 Å². The molecule has 0 amide bonds. The number of rotatable bonds is 2. The first-order chi connectivity index (χ1) is 10.9. The smallest absolute Gasteiger partial charge is 0.0104 e. The summed E-state index contributed by atoms with van der Waals surface area (Å²) in [6.45, 7) is 0. The van der Waals surface area contributed by atoms with Crippen LogP contribution in [0, 0.1) is 29.7 Å². The lowest BCUT2D eigenvalue weighted by molar-refractivity contribution is -0.00276. The third-order valence-electron chi connectivity index (χ3n) is 6.53. The second kappa shape index (κ2) is 4.98. The van der Waals surface area contributed by atoms with E-state index in [2.05, 4.69) is 54.6 Å². The van der Waals surface area contributed by atoms with E-state index in [1.54, 1.807) is 5.56 Å². The summed E-state index contributed by atoms with van der Waals surface area (Å²) in [4.78, 5) is 0. The molecular formula is C22H23. The topological polar surface area (TPSA) is 0 Å². The maximum atomic E-state index is 3.44. The molecule has 4 fully saturated rings. The summed E-state index contributed by atoms with van der Waals surface area (Å²) in [6, 6.07) is 21.1. The quantitative estimate of drug-likeness (QED) is 0.665. The van der Waals surface area contributed by atoms with Gasteiger partial charge in [-0.05, 0) is 90.5 Å². The lowest BCUT2D eigenvalue weighted by Crippen LogP contribution is -2.43. The molecule has 2 aromatic carbocycles. The number of benzene rings is 2. The summed E-state index contributed by atoms with van der Waals surface area (Å²) in [6.07, 6.45) is 7.51. The first kappa shape index (κ1) is 12.9. The van der Waals surface area contributed by atoms with Crippen molar-refractivity contribution in [2.75, 3.05) is 0 Å². The van der Waals surface area contributed by atoms with E-state index in [9.17, 15) is 0 Å². The fourth-order valence-corrected chi connectivity index (χ4v) is 5.95. The predicted molar refractivity (Wildman–Crippen MR) is 90.5 cm³/mol. The first-order valence-electron chi connectivity index (χ1n) is 8.93. The van der Waals surface area contributed by atoms with Gasteiger partial charge in [-0.2, -0.15) is 0 Å². The zero-order valence-corrected chi connectivity index (χ0v) is 13.0. The van der Waals surface area contributed by atoms with Gasteiger partial charge in [0.1, 0.15) is 0 Å². The summed E-state index contributed by atoms with van der Waals surface area (Å²) < 4.78 is 0. The minimum Gasteiger partial charge on any atom is -0.0622 e. The first-order valence-corrected chi connectivity index (χ1v) is 8.93. The van der Waals surface area contributed by atoms with Crippen molar-refractivity contribution >= 4 is 0 Å². The van der Waals surface area contributed by atoms with E-state index >= 15 is 0 Å². The fourth-order valence-electron chi connectivity index (χ4n) is 5.95. The van der Waals surface area contributed by atoms with Crippen molar-refractivity contribution in [1.82, 2.24) is 0 Å². The molecule has 4 bridgehead atoms. The molecule has 4 aliphatic rings. The van der Waals surface area contributed by atoms with Crippen molar-refractivity contribution in [3.05, 3.63) is 60.2 Å². The van der Waals surface area contributed by atoms with Gasteiger partial charge in [-0.1, -0.05) is 42.5 Å². The van der Waals surface area contributed by atoms with Crippen molar-refractivity contribution in [3.63, 3.8) is 0 Å². The molecule has 0 atom stereocenters. The fraction of sp³-hybridized carbons (Fsp3) is 0.455. The third kappa shape index (κ3) is 2.04. The summed E-state index contributed by atoms with van der Waals surface area (Å²) in [5.41, 5.74) is 4.23. The van der Waals surface area contributed by atoms with E-state index in [-0.39, 0.29) is 0 Å². The van der Waals surface area contributed by atoms with E-state index in [0.29, 0.717) is 0 Å². The summed E-state index contributed by atoms with van der Waals surface area (Å²) in [5.74, 6) is 4.83. The van der Waals surface area contributed by atoms with Crippen molar-refractivity contribution in [2.24, 2.45) is 23.7 Å². The Morgan fingerprint density at radius 3 is 2.09 bits per heavy atom. The van der Waals surface area contributed by atoms with Crippen LogP contribution < -0.4 is 0 Å². The SMILES string of the molecule is [c]1cc(-c2ccccc2)cc(C2C3CC4CC(C3)CC2C4)c1. The molecule has 0 heteroatoms. The molecule has 1 radical (unpaired) electrons. The molecule has 22 heavy (non-hydrogen) atoms. The Morgan fingerprint density at radius 1 is 0.727 bits per heavy atom. The van der Waals surface area contributed by atoms with Crippen LogP contribution in [0.4, 0.5) is 0 Å². The monoisotopic (exact) mass is 287 g/mol. The molecule has 4 aliphatic carbocycles. The van der Waals surface area contributed by atoms with Crippen LogP contribution >= 0.6 is 0 Å². The molecule has 0 N–H and O–H groups in total. The van der Waals surface area contributed by atoms with Crippen LogP contribution in [0.25, 0.3) is 11.1 Å². The van der Waals surface area contributed by atoms with Gasteiger partial charge in [0.05, 0.1) is 0 Å². The zero-order chi connectivity index (χ0) is 14.5. The highest BCUT2D eigenvalue weighted by Gasteiger charge is 2.48. The highest BCUT2D eigenvalue weighted by atomic mass is 14.5. The lowest BCUT2D eigenvalue weighted by Gasteiger charge is -2.54. The van der Waals surface area contributed by atoms with Gasteiger partial charge >= 0.3 is 0 Å². The maximum Gasteiger partial charge on any atom is -0.0104 e. The van der Waals surface area contributed by atoms with Gasteiger partial charge in [0.25, 0.3) is 0 Å². The standard InChI is InChI=1S/C22H23/c1-2-5-17(6-3-1)18-7-4-8-19(14-18)22-20-10-15-9-16(12-20)13-21(22)11-15/h1-3,5-8,14-16,20-22H,9-13H2. The lowest BCUT2D eigenvalue weighted by atomic mass is 9.50. The molecule has 0 saturated heterocycles. The second-order valence-electron chi connectivity index (χ2n) is 7.88. The summed E-state index contributed by atoms with van der Waals surface area (Å²) >= 11 is 0. The van der Waals surface area contributed by atoms with Gasteiger partial charge in [0.15, 0.2) is 0 Å². The Bertz CT molecular complexity index is 641. The Kier molecular flexibility index (Phi) is 2.93. The van der Waals surface area contributed by atoms with Crippen LogP contribution in [0.5, 0.6) is 0 Å². The summed E-state index contributed by atoms with van der Waals surface area (Å²) in [5, 5.41) is 0. The largest absolute Gasteiger partial charge is 0.0622 e. The van der Waals surface area contributed by atoms with Crippen LogP contribution in [-0.2, 0) is 0 Å². The Hall–Kier alpha value is -1.56. The van der Waals surface area contributed by atoms with Gasteiger partial charge in [0, 0.05) is 0 Å². The van der Waals surface area contributed by atoms with Crippen LogP contribution in [0.1, 0.15) is 43.6 Å². The van der Waals surface area contributed by atoms with E-state index in [0.717, 1.165) is 29.6 Å². The molecule has 0 aromatic heterocycles. The summed E-state index contributed by atoms with van der Waals surface area (Å²) in [7, 11) is 0. The average Bonchev–Trinajstić information content (AvgIpc) is 2.55. The molecule has 0 spiro atoms. The average molecular weight is 287 g/mol. The zero-order valence-electron chi connectivity index (χ0n) is 13.0. The van der Waals surface area contributed by atoms with Crippen molar-refractivity contribution in [2.45, 2.75) is 38.0 Å². The molecule has 0 aliphatic heterocycles. The van der Waals surface area contributed by atoms with E-state index in [4.69, 9.17) is 0 Å². The Morgan fingerprint density at radius 2 is 1.41 bits per heavy atom. The minimum absolute atomic E-state index is 0.813. The number of hydrogen-bond acceptors (Lipinski definition) is 0. The molecule has 4 saturated carbocycles. The maximum absolute atomic E-state index is 3.44. The molecule has 6 rings (SSSR count). The molecule has 0 nitrogen and oxygen atoms in total. The number of hydrogen-bond donors (Lipinski definition) is 0. The molecule has 0 unspecified atom stereocenters. The molecule has 0 heterocycles. The predicted octanol–water partition coefficient (Wildman–Crippen LogP) is 5.69. The Balaban J connectivity index is 1.51. The van der Waals surface area contributed by atoms with Gasteiger partial charge < -0.3 is 0 Å². The molecule has 2 aromatic rings. The second-order valence-corrected chi connectivity index (χ2v) is 7.88. The van der Waals surface area contributed by atoms with Crippen LogP contribution in [0.3, 0.4) is 0 Å². The highest BCUT2D eigenvalue weighted by Crippen LogP contribution is 2.59. The molecular weight excluding hydrogens is 264 g/mol. The third-order valence-corrected chi connectivity index (χ3v) is 6.53. The van der Waals surface area contributed by atoms with E-state index in [1.807, 2.05) is 0 Å². The van der Waals surface area contributed by atoms with Gasteiger partial charge in [-0.3, -0.25) is 0 Å².